The highest BCUT2D eigenvalue weighted by Gasteiger charge is 2.35. The molecular formula is C35H43NO5. The smallest absolute Gasteiger partial charge is 0.339 e. The molecule has 0 amide bonds. The molecule has 0 aliphatic heterocycles. The lowest BCUT2D eigenvalue weighted by Gasteiger charge is -2.31. The van der Waals surface area contributed by atoms with Gasteiger partial charge in [0.1, 0.15) is 0 Å². The van der Waals surface area contributed by atoms with Gasteiger partial charge in [0, 0.05) is 28.5 Å². The summed E-state index contributed by atoms with van der Waals surface area (Å²) in [5, 5.41) is 0. The fraction of sp³-hybridized carbons (Fsp3) is 0.371. The lowest BCUT2D eigenvalue weighted by Crippen LogP contribution is -2.29. The summed E-state index contributed by atoms with van der Waals surface area (Å²) in [6, 6.07) is 12.4. The van der Waals surface area contributed by atoms with Gasteiger partial charge in [-0.15, -0.1) is 0 Å². The number of carbonyl (C=O) groups is 2. The summed E-state index contributed by atoms with van der Waals surface area (Å²) in [4.78, 5) is 25.9. The number of carbonyl (C=O) groups excluding carboxylic acids is 2. The van der Waals surface area contributed by atoms with Crippen LogP contribution in [0.4, 0.5) is 5.69 Å². The summed E-state index contributed by atoms with van der Waals surface area (Å²) in [7, 11) is 1.34. The molecule has 1 unspecified atom stereocenters. The van der Waals surface area contributed by atoms with Crippen LogP contribution in [0.1, 0.15) is 72.7 Å². The summed E-state index contributed by atoms with van der Waals surface area (Å²) in [5.41, 5.74) is 16.7. The Balaban J connectivity index is 2.59. The summed E-state index contributed by atoms with van der Waals surface area (Å²) in [5.74, 6) is -1.07. The number of methoxy groups -OCH3 is 1. The topological polar surface area (TPSA) is 87.9 Å². The molecule has 6 heteroatoms. The second-order valence-corrected chi connectivity index (χ2v) is 11.4. The van der Waals surface area contributed by atoms with Crippen LogP contribution in [0.25, 0.3) is 28.3 Å². The third kappa shape index (κ3) is 7.06. The van der Waals surface area contributed by atoms with Crippen molar-refractivity contribution in [1.82, 2.24) is 0 Å². The molecule has 0 spiro atoms. The van der Waals surface area contributed by atoms with Crippen molar-refractivity contribution in [3.8, 4) is 22.3 Å². The quantitative estimate of drug-likeness (QED) is 0.173. The molecule has 6 nitrogen and oxygen atoms in total. The number of ether oxygens (including phenoxy) is 3. The predicted molar refractivity (Wildman–Crippen MR) is 167 cm³/mol. The van der Waals surface area contributed by atoms with Crippen molar-refractivity contribution >= 4 is 23.7 Å². The van der Waals surface area contributed by atoms with Gasteiger partial charge in [-0.2, -0.15) is 0 Å². The van der Waals surface area contributed by atoms with E-state index in [1.807, 2.05) is 39.8 Å². The molecule has 1 atom stereocenters. The lowest BCUT2D eigenvalue weighted by molar-refractivity contribution is -0.164. The number of aryl methyl sites for hydroxylation is 4. The molecule has 0 aliphatic carbocycles. The van der Waals surface area contributed by atoms with Crippen molar-refractivity contribution < 1.29 is 23.8 Å². The predicted octanol–water partition coefficient (Wildman–Crippen LogP) is 7.75. The molecule has 3 rings (SSSR count). The van der Waals surface area contributed by atoms with E-state index in [0.29, 0.717) is 16.8 Å². The minimum atomic E-state index is -1.12. The monoisotopic (exact) mass is 557 g/mol. The van der Waals surface area contributed by atoms with Crippen LogP contribution in [0.5, 0.6) is 0 Å². The Morgan fingerprint density at radius 3 is 1.88 bits per heavy atom. The van der Waals surface area contributed by atoms with Crippen LogP contribution in [0.3, 0.4) is 0 Å². The zero-order valence-electron chi connectivity index (χ0n) is 26.0. The molecule has 41 heavy (non-hydrogen) atoms. The number of anilines is 1. The van der Waals surface area contributed by atoms with Crippen LogP contribution in [0.2, 0.25) is 0 Å². The average Bonchev–Trinajstić information content (AvgIpc) is 2.89. The highest BCUT2D eigenvalue weighted by Crippen LogP contribution is 2.47. The molecule has 0 fully saturated rings. The van der Waals surface area contributed by atoms with E-state index in [4.69, 9.17) is 19.9 Å². The maximum absolute atomic E-state index is 13.4. The number of rotatable bonds is 8. The second kappa shape index (κ2) is 12.7. The fourth-order valence-electron chi connectivity index (χ4n) is 4.96. The molecule has 3 aromatic rings. The third-order valence-corrected chi connectivity index (χ3v) is 7.28. The standard InChI is InChI=1S/C35H43NO5/c1-11-40-28(37)17-16-27-31(33(34(38)39-10)41-35(7,8)9)29(25-14-12-20(2)22(4)18-25)24(6)30(32(27)36)26-15-13-21(3)23(5)19-26/h12-19,33H,11,36H2,1-10H3/b17-16+. The summed E-state index contributed by atoms with van der Waals surface area (Å²) in [6.45, 7) is 17.9. The number of nitrogens with two attached hydrogens (primary N) is 1. The zero-order chi connectivity index (χ0) is 30.6. The van der Waals surface area contributed by atoms with Crippen molar-refractivity contribution in [3.05, 3.63) is 81.4 Å². The van der Waals surface area contributed by atoms with E-state index in [1.54, 1.807) is 13.0 Å². The van der Waals surface area contributed by atoms with E-state index in [2.05, 4.69) is 52.0 Å². The number of hydrogen-bond acceptors (Lipinski definition) is 6. The van der Waals surface area contributed by atoms with Gasteiger partial charge in [0.05, 0.1) is 19.3 Å². The first-order chi connectivity index (χ1) is 19.2. The van der Waals surface area contributed by atoms with Gasteiger partial charge in [0.2, 0.25) is 0 Å². The molecule has 0 aromatic heterocycles. The number of nitrogen functional groups attached to an aromatic ring is 1. The van der Waals surface area contributed by atoms with Gasteiger partial charge < -0.3 is 19.9 Å². The van der Waals surface area contributed by atoms with Gasteiger partial charge in [-0.3, -0.25) is 0 Å². The first-order valence-electron chi connectivity index (χ1n) is 13.9. The van der Waals surface area contributed by atoms with E-state index in [0.717, 1.165) is 44.5 Å². The van der Waals surface area contributed by atoms with Crippen LogP contribution >= 0.6 is 0 Å². The fourth-order valence-corrected chi connectivity index (χ4v) is 4.96. The lowest BCUT2D eigenvalue weighted by atomic mass is 9.81. The largest absolute Gasteiger partial charge is 0.467 e. The van der Waals surface area contributed by atoms with E-state index in [1.165, 1.54) is 18.7 Å². The van der Waals surface area contributed by atoms with E-state index in [9.17, 15) is 9.59 Å². The number of esters is 2. The molecule has 0 saturated carbocycles. The van der Waals surface area contributed by atoms with Crippen LogP contribution < -0.4 is 5.73 Å². The molecule has 0 saturated heterocycles. The third-order valence-electron chi connectivity index (χ3n) is 7.28. The van der Waals surface area contributed by atoms with Crippen molar-refractivity contribution in [1.29, 1.82) is 0 Å². The Kier molecular flexibility index (Phi) is 9.82. The Labute approximate surface area is 244 Å². The van der Waals surface area contributed by atoms with Crippen molar-refractivity contribution in [2.24, 2.45) is 0 Å². The van der Waals surface area contributed by atoms with E-state index < -0.39 is 23.6 Å². The van der Waals surface area contributed by atoms with Gasteiger partial charge in [-0.1, -0.05) is 36.4 Å². The summed E-state index contributed by atoms with van der Waals surface area (Å²) >= 11 is 0. The molecule has 218 valence electrons. The molecule has 3 aromatic carbocycles. The normalized spacial score (nSPS) is 12.4. The summed E-state index contributed by atoms with van der Waals surface area (Å²) in [6.07, 6.45) is 1.85. The molecule has 2 N–H and O–H groups in total. The SMILES string of the molecule is CCOC(=O)/C=C/c1c(N)c(-c2ccc(C)c(C)c2)c(C)c(-c2ccc(C)c(C)c2)c1C(OC(C)(C)C)C(=O)OC. The van der Waals surface area contributed by atoms with Gasteiger partial charge in [0.15, 0.2) is 6.10 Å². The van der Waals surface area contributed by atoms with E-state index >= 15 is 0 Å². The van der Waals surface area contributed by atoms with Crippen molar-refractivity contribution in [2.75, 3.05) is 19.5 Å². The molecule has 0 heterocycles. The number of benzene rings is 3. The van der Waals surface area contributed by atoms with Crippen LogP contribution in [0.15, 0.2) is 42.5 Å². The highest BCUT2D eigenvalue weighted by atomic mass is 16.6. The van der Waals surface area contributed by atoms with Gasteiger partial charge in [-0.25, -0.2) is 9.59 Å². The van der Waals surface area contributed by atoms with E-state index in [-0.39, 0.29) is 6.61 Å². The van der Waals surface area contributed by atoms with Crippen LogP contribution in [-0.2, 0) is 23.8 Å². The molecule has 0 bridgehead atoms. The Morgan fingerprint density at radius 2 is 1.41 bits per heavy atom. The Hall–Kier alpha value is -3.90. The average molecular weight is 558 g/mol. The summed E-state index contributed by atoms with van der Waals surface area (Å²) < 4.78 is 16.8. The molecular weight excluding hydrogens is 514 g/mol. The molecule has 0 radical (unpaired) electrons. The van der Waals surface area contributed by atoms with Gasteiger partial charge in [0.25, 0.3) is 0 Å². The molecule has 0 aliphatic rings. The zero-order valence-corrected chi connectivity index (χ0v) is 26.0. The van der Waals surface area contributed by atoms with Crippen molar-refractivity contribution in [2.45, 2.75) is 74.0 Å². The highest BCUT2D eigenvalue weighted by molar-refractivity contribution is 5.99. The minimum Gasteiger partial charge on any atom is -0.467 e. The minimum absolute atomic E-state index is 0.235. The second-order valence-electron chi connectivity index (χ2n) is 11.4. The first-order valence-corrected chi connectivity index (χ1v) is 13.9. The van der Waals surface area contributed by atoms with Crippen LogP contribution in [-0.4, -0.2) is 31.3 Å². The maximum Gasteiger partial charge on any atom is 0.339 e. The Morgan fingerprint density at radius 1 is 0.878 bits per heavy atom. The maximum atomic E-state index is 13.4. The van der Waals surface area contributed by atoms with Crippen molar-refractivity contribution in [3.63, 3.8) is 0 Å². The first kappa shape index (κ1) is 31.6. The van der Waals surface area contributed by atoms with Gasteiger partial charge >= 0.3 is 11.9 Å². The van der Waals surface area contributed by atoms with Gasteiger partial charge in [-0.05, 0) is 113 Å². The Bertz CT molecular complexity index is 1490. The van der Waals surface area contributed by atoms with Crippen LogP contribution in [0, 0.1) is 34.6 Å². The number of hydrogen-bond donors (Lipinski definition) is 1.